The fourth-order valence-electron chi connectivity index (χ4n) is 4.92. The van der Waals surface area contributed by atoms with Crippen LogP contribution in [0.5, 0.6) is 0 Å². The van der Waals surface area contributed by atoms with Gasteiger partial charge in [0.05, 0.1) is 0 Å². The van der Waals surface area contributed by atoms with Crippen LogP contribution in [0.25, 0.3) is 0 Å². The van der Waals surface area contributed by atoms with Crippen LogP contribution in [0.2, 0.25) is 0 Å². The van der Waals surface area contributed by atoms with Crippen molar-refractivity contribution in [3.8, 4) is 0 Å². The minimum absolute atomic E-state index is 0.103. The topological polar surface area (TPSA) is 26.3 Å². The van der Waals surface area contributed by atoms with Gasteiger partial charge in [-0.15, -0.1) is 0 Å². The minimum Gasteiger partial charge on any atom is -0.426 e. The van der Waals surface area contributed by atoms with Crippen LogP contribution in [-0.4, -0.2) is 5.97 Å². The summed E-state index contributed by atoms with van der Waals surface area (Å²) in [6.07, 6.45) is 30.0. The lowest BCUT2D eigenvalue weighted by molar-refractivity contribution is -0.139. The molecule has 0 bridgehead atoms. The molecule has 2 aliphatic carbocycles. The van der Waals surface area contributed by atoms with Gasteiger partial charge in [-0.05, 0) is 43.9 Å². The number of fused-ring (bicyclic) bond motifs is 1. The van der Waals surface area contributed by atoms with E-state index in [0.29, 0.717) is 18.1 Å². The molecule has 0 aliphatic heterocycles. The van der Waals surface area contributed by atoms with Gasteiger partial charge < -0.3 is 4.74 Å². The highest BCUT2D eigenvalue weighted by Gasteiger charge is 2.24. The summed E-state index contributed by atoms with van der Waals surface area (Å²) in [5.74, 6) is 0.905. The first-order valence-electron chi connectivity index (χ1n) is 14.2. The maximum atomic E-state index is 12.4. The zero-order chi connectivity index (χ0) is 24.6. The van der Waals surface area contributed by atoms with Crippen LogP contribution in [0.1, 0.15) is 130 Å². The van der Waals surface area contributed by atoms with Gasteiger partial charge in [0.15, 0.2) is 0 Å². The van der Waals surface area contributed by atoms with Crippen LogP contribution < -0.4 is 0 Å². The van der Waals surface area contributed by atoms with Crippen molar-refractivity contribution in [1.29, 1.82) is 0 Å². The van der Waals surface area contributed by atoms with Crippen LogP contribution in [0.4, 0.5) is 0 Å². The maximum absolute atomic E-state index is 12.4. The van der Waals surface area contributed by atoms with E-state index in [4.69, 9.17) is 4.74 Å². The third kappa shape index (κ3) is 10.6. The first-order valence-corrected chi connectivity index (χ1v) is 14.2. The van der Waals surface area contributed by atoms with Crippen LogP contribution in [0.3, 0.4) is 0 Å². The SMILES string of the molecule is C=C(C)C1C=C2C(OC(=O)CCCCCCCCCCCCCCCCC)=CC=C2C(C)=CC1. The van der Waals surface area contributed by atoms with Gasteiger partial charge in [-0.25, -0.2) is 0 Å². The second-order valence-corrected chi connectivity index (χ2v) is 10.4. The molecule has 1 unspecified atom stereocenters. The average Bonchev–Trinajstić information content (AvgIpc) is 3.11. The van der Waals surface area contributed by atoms with E-state index in [1.807, 2.05) is 6.08 Å². The van der Waals surface area contributed by atoms with E-state index in [2.05, 4.69) is 45.6 Å². The number of hydrogen-bond donors (Lipinski definition) is 0. The molecule has 0 fully saturated rings. The predicted octanol–water partition coefficient (Wildman–Crippen LogP) is 10.1. The molecule has 0 saturated carbocycles. The number of unbranched alkanes of at least 4 members (excludes halogenated alkanes) is 14. The largest absolute Gasteiger partial charge is 0.426 e. The van der Waals surface area contributed by atoms with E-state index in [1.54, 1.807) is 0 Å². The van der Waals surface area contributed by atoms with Crippen molar-refractivity contribution in [1.82, 2.24) is 0 Å². The number of allylic oxidation sites excluding steroid dienone is 7. The highest BCUT2D eigenvalue weighted by Crippen LogP contribution is 2.37. The van der Waals surface area contributed by atoms with Crippen LogP contribution in [-0.2, 0) is 9.53 Å². The first kappa shape index (κ1) is 28.4. The lowest BCUT2D eigenvalue weighted by Gasteiger charge is -2.13. The highest BCUT2D eigenvalue weighted by atomic mass is 16.5. The van der Waals surface area contributed by atoms with Gasteiger partial charge in [-0.1, -0.05) is 127 Å². The molecule has 190 valence electrons. The van der Waals surface area contributed by atoms with Crippen LogP contribution >= 0.6 is 0 Å². The summed E-state index contributed by atoms with van der Waals surface area (Å²) in [7, 11) is 0. The fraction of sp³-hybridized carbons (Fsp3) is 0.656. The van der Waals surface area contributed by atoms with E-state index in [0.717, 1.165) is 30.4 Å². The number of esters is 1. The number of carbonyl (C=O) groups excluding carboxylic acids is 1. The number of rotatable bonds is 18. The predicted molar refractivity (Wildman–Crippen MR) is 147 cm³/mol. The van der Waals surface area contributed by atoms with Crippen molar-refractivity contribution in [2.75, 3.05) is 0 Å². The Kier molecular flexibility index (Phi) is 14.0. The molecular formula is C32H50O2. The van der Waals surface area contributed by atoms with E-state index in [-0.39, 0.29) is 5.97 Å². The molecule has 34 heavy (non-hydrogen) atoms. The molecule has 0 aromatic carbocycles. The Morgan fingerprint density at radius 1 is 0.853 bits per heavy atom. The van der Waals surface area contributed by atoms with Gasteiger partial charge >= 0.3 is 5.97 Å². The monoisotopic (exact) mass is 466 g/mol. The Bertz CT molecular complexity index is 762. The quantitative estimate of drug-likeness (QED) is 0.114. The Morgan fingerprint density at radius 3 is 1.91 bits per heavy atom. The molecule has 1 atom stereocenters. The van der Waals surface area contributed by atoms with Crippen molar-refractivity contribution < 1.29 is 9.53 Å². The molecule has 2 aliphatic rings. The van der Waals surface area contributed by atoms with E-state index >= 15 is 0 Å². The summed E-state index contributed by atoms with van der Waals surface area (Å²) >= 11 is 0. The van der Waals surface area contributed by atoms with E-state index < -0.39 is 0 Å². The second kappa shape index (κ2) is 16.7. The standard InChI is InChI=1S/C32H50O2/c1-5-6-7-8-9-10-11-12-13-14-15-16-17-18-19-20-32(33)34-31-24-23-29-27(4)21-22-28(26(2)3)25-30(29)31/h21,23-25,28H,2,5-20,22H2,1,3-4H3. The molecule has 0 radical (unpaired) electrons. The Morgan fingerprint density at radius 2 is 1.38 bits per heavy atom. The zero-order valence-corrected chi connectivity index (χ0v) is 22.4. The third-order valence-corrected chi connectivity index (χ3v) is 7.27. The Hall–Kier alpha value is -1.83. The summed E-state index contributed by atoms with van der Waals surface area (Å²) in [4.78, 5) is 12.4. The van der Waals surface area contributed by atoms with Crippen molar-refractivity contribution in [3.05, 3.63) is 58.9 Å². The summed E-state index contributed by atoms with van der Waals surface area (Å²) < 4.78 is 5.78. The van der Waals surface area contributed by atoms with E-state index in [1.165, 1.54) is 94.6 Å². The Labute approximate surface area is 210 Å². The number of hydrogen-bond acceptors (Lipinski definition) is 2. The molecule has 2 rings (SSSR count). The molecule has 0 spiro atoms. The van der Waals surface area contributed by atoms with E-state index in [9.17, 15) is 4.79 Å². The molecule has 0 saturated heterocycles. The molecule has 2 heteroatoms. The summed E-state index contributed by atoms with van der Waals surface area (Å²) in [5, 5.41) is 0. The van der Waals surface area contributed by atoms with Gasteiger partial charge in [0.25, 0.3) is 0 Å². The van der Waals surface area contributed by atoms with Crippen molar-refractivity contribution in [2.24, 2.45) is 5.92 Å². The Balaban J connectivity index is 1.50. The van der Waals surface area contributed by atoms with Crippen molar-refractivity contribution in [3.63, 3.8) is 0 Å². The maximum Gasteiger partial charge on any atom is 0.311 e. The van der Waals surface area contributed by atoms with Gasteiger partial charge in [-0.2, -0.15) is 0 Å². The zero-order valence-electron chi connectivity index (χ0n) is 22.4. The third-order valence-electron chi connectivity index (χ3n) is 7.27. The number of ether oxygens (including phenoxy) is 1. The average molecular weight is 467 g/mol. The summed E-state index contributed by atoms with van der Waals surface area (Å²) in [6, 6.07) is 0. The summed E-state index contributed by atoms with van der Waals surface area (Å²) in [5.41, 5.74) is 4.63. The molecule has 0 N–H and O–H groups in total. The van der Waals surface area contributed by atoms with Crippen LogP contribution in [0.15, 0.2) is 58.9 Å². The first-order chi connectivity index (χ1) is 16.5. The van der Waals surface area contributed by atoms with Crippen LogP contribution in [0, 0.1) is 5.92 Å². The second-order valence-electron chi connectivity index (χ2n) is 10.4. The smallest absolute Gasteiger partial charge is 0.311 e. The van der Waals surface area contributed by atoms with Gasteiger partial charge in [0.1, 0.15) is 5.76 Å². The lowest BCUT2D eigenvalue weighted by Crippen LogP contribution is -2.06. The van der Waals surface area contributed by atoms with Crippen molar-refractivity contribution in [2.45, 2.75) is 130 Å². The summed E-state index contributed by atoms with van der Waals surface area (Å²) in [6.45, 7) is 10.6. The molecule has 0 heterocycles. The van der Waals surface area contributed by atoms with Crippen molar-refractivity contribution >= 4 is 5.97 Å². The molecular weight excluding hydrogens is 416 g/mol. The van der Waals surface area contributed by atoms with Gasteiger partial charge in [0, 0.05) is 17.9 Å². The molecule has 2 nitrogen and oxygen atoms in total. The normalized spacial score (nSPS) is 17.3. The highest BCUT2D eigenvalue weighted by molar-refractivity contribution is 5.73. The lowest BCUT2D eigenvalue weighted by atomic mass is 9.96. The minimum atomic E-state index is -0.103. The molecule has 0 amide bonds. The number of carbonyl (C=O) groups is 1. The molecule has 0 aromatic heterocycles. The fourth-order valence-corrected chi connectivity index (χ4v) is 4.92. The molecule has 0 aromatic rings. The van der Waals surface area contributed by atoms with Gasteiger partial charge in [-0.3, -0.25) is 4.79 Å². The van der Waals surface area contributed by atoms with Gasteiger partial charge in [0.2, 0.25) is 0 Å².